The zero-order chi connectivity index (χ0) is 17.3. The molecule has 4 N–H and O–H groups in total. The van der Waals surface area contributed by atoms with E-state index in [4.69, 9.17) is 11.6 Å². The molecule has 0 bridgehead atoms. The van der Waals surface area contributed by atoms with Crippen molar-refractivity contribution in [2.75, 3.05) is 0 Å². The Morgan fingerprint density at radius 2 is 1.25 bits per heavy atom. The highest BCUT2D eigenvalue weighted by atomic mass is 35.5. The molecule has 0 fully saturated rings. The maximum atomic E-state index is 12.2. The second kappa shape index (κ2) is 6.17. The molecule has 0 atom stereocenters. The van der Waals surface area contributed by atoms with Crippen molar-refractivity contribution >= 4 is 11.6 Å². The van der Waals surface area contributed by atoms with E-state index in [1.165, 1.54) is 12.4 Å². The average Bonchev–Trinajstić information content (AvgIpc) is 2.52. The second-order valence-electron chi connectivity index (χ2n) is 5.01. The van der Waals surface area contributed by atoms with Crippen LogP contribution in [-0.4, -0.2) is 19.9 Å². The number of hydrogen-bond acceptors (Lipinski definition) is 4. The summed E-state index contributed by atoms with van der Waals surface area (Å²) in [4.78, 5) is 55.9. The van der Waals surface area contributed by atoms with Gasteiger partial charge in [0.1, 0.15) is 0 Å². The highest BCUT2D eigenvalue weighted by molar-refractivity contribution is 6.31. The van der Waals surface area contributed by atoms with Crippen LogP contribution in [0.5, 0.6) is 0 Å². The van der Waals surface area contributed by atoms with Crippen LogP contribution in [0.4, 0.5) is 0 Å². The van der Waals surface area contributed by atoms with Crippen molar-refractivity contribution in [3.8, 4) is 0 Å². The monoisotopic (exact) mass is 346 g/mol. The van der Waals surface area contributed by atoms with Crippen LogP contribution in [0.1, 0.15) is 22.6 Å². The number of benzene rings is 1. The molecule has 9 heteroatoms. The molecule has 8 nitrogen and oxygen atoms in total. The second-order valence-corrected chi connectivity index (χ2v) is 5.42. The lowest BCUT2D eigenvalue weighted by atomic mass is 9.88. The lowest BCUT2D eigenvalue weighted by Crippen LogP contribution is -2.31. The Morgan fingerprint density at radius 3 is 1.71 bits per heavy atom. The van der Waals surface area contributed by atoms with Crippen molar-refractivity contribution in [1.29, 1.82) is 0 Å². The number of aromatic nitrogens is 4. The van der Waals surface area contributed by atoms with Crippen molar-refractivity contribution in [1.82, 2.24) is 19.9 Å². The lowest BCUT2D eigenvalue weighted by molar-refractivity contribution is 0.858. The number of hydrogen-bond donors (Lipinski definition) is 4. The fraction of sp³-hybridized carbons (Fsp3) is 0.0667. The first kappa shape index (κ1) is 15.8. The Morgan fingerprint density at radius 1 is 0.750 bits per heavy atom. The predicted octanol–water partition coefficient (Wildman–Crippen LogP) is 0.273. The van der Waals surface area contributed by atoms with E-state index in [1.807, 2.05) is 0 Å². The molecule has 2 aromatic heterocycles. The van der Waals surface area contributed by atoms with E-state index >= 15 is 0 Å². The van der Waals surface area contributed by atoms with Crippen molar-refractivity contribution < 1.29 is 0 Å². The molecule has 0 radical (unpaired) electrons. The zero-order valence-electron chi connectivity index (χ0n) is 12.1. The van der Waals surface area contributed by atoms with Crippen LogP contribution in [0.25, 0.3) is 0 Å². The summed E-state index contributed by atoms with van der Waals surface area (Å²) in [7, 11) is 0. The summed E-state index contributed by atoms with van der Waals surface area (Å²) in [5.41, 5.74) is -1.95. The van der Waals surface area contributed by atoms with Gasteiger partial charge >= 0.3 is 11.4 Å². The maximum absolute atomic E-state index is 12.2. The summed E-state index contributed by atoms with van der Waals surface area (Å²) >= 11 is 6.22. The third-order valence-electron chi connectivity index (χ3n) is 3.53. The smallest absolute Gasteiger partial charge is 0.314 e. The molecule has 0 saturated heterocycles. The molecule has 122 valence electrons. The SMILES string of the molecule is O=c1[nH]cc(C(c2ccccc2Cl)c2c[nH]c(=O)[nH]c2=O)c(=O)[nH]1. The Bertz CT molecular complexity index is 1060. The quantitative estimate of drug-likeness (QED) is 0.542. The first-order valence-corrected chi connectivity index (χ1v) is 7.23. The normalized spacial score (nSPS) is 10.9. The van der Waals surface area contributed by atoms with Gasteiger partial charge in [-0.2, -0.15) is 0 Å². The van der Waals surface area contributed by atoms with E-state index < -0.39 is 28.4 Å². The van der Waals surface area contributed by atoms with Gasteiger partial charge in [0.25, 0.3) is 11.1 Å². The first-order chi connectivity index (χ1) is 11.5. The van der Waals surface area contributed by atoms with Crippen molar-refractivity contribution in [3.05, 3.63) is 100 Å². The van der Waals surface area contributed by atoms with Gasteiger partial charge in [-0.15, -0.1) is 0 Å². The molecular weight excluding hydrogens is 336 g/mol. The summed E-state index contributed by atoms with van der Waals surface area (Å²) in [6, 6.07) is 6.68. The number of H-pyrrole nitrogens is 4. The van der Waals surface area contributed by atoms with Gasteiger partial charge in [-0.3, -0.25) is 19.6 Å². The summed E-state index contributed by atoms with van der Waals surface area (Å²) in [6.45, 7) is 0. The Balaban J connectivity index is 2.35. The fourth-order valence-electron chi connectivity index (χ4n) is 2.48. The summed E-state index contributed by atoms with van der Waals surface area (Å²) in [5.74, 6) is -0.875. The predicted molar refractivity (Wildman–Crippen MR) is 87.8 cm³/mol. The van der Waals surface area contributed by atoms with E-state index in [-0.39, 0.29) is 11.1 Å². The van der Waals surface area contributed by atoms with Crippen molar-refractivity contribution in [3.63, 3.8) is 0 Å². The number of aromatic amines is 4. The Labute approximate surface area is 138 Å². The molecule has 24 heavy (non-hydrogen) atoms. The largest absolute Gasteiger partial charge is 0.325 e. The van der Waals surface area contributed by atoms with Crippen LogP contribution in [0.3, 0.4) is 0 Å². The molecule has 0 aliphatic carbocycles. The van der Waals surface area contributed by atoms with Gasteiger partial charge in [0.15, 0.2) is 0 Å². The number of halogens is 1. The molecule has 0 saturated carbocycles. The highest BCUT2D eigenvalue weighted by Gasteiger charge is 2.25. The zero-order valence-corrected chi connectivity index (χ0v) is 12.8. The minimum absolute atomic E-state index is 0.111. The summed E-state index contributed by atoms with van der Waals surface area (Å²) < 4.78 is 0. The third-order valence-corrected chi connectivity index (χ3v) is 3.88. The van der Waals surface area contributed by atoms with Crippen molar-refractivity contribution in [2.45, 2.75) is 5.92 Å². The molecule has 0 aliphatic rings. The molecule has 2 heterocycles. The van der Waals surface area contributed by atoms with Crippen LogP contribution < -0.4 is 22.5 Å². The topological polar surface area (TPSA) is 131 Å². The molecule has 0 amide bonds. The Hall–Kier alpha value is -3.13. The van der Waals surface area contributed by atoms with Crippen LogP contribution in [0.15, 0.2) is 55.8 Å². The molecule has 1 aromatic carbocycles. The van der Waals surface area contributed by atoms with E-state index in [1.54, 1.807) is 24.3 Å². The molecule has 0 aliphatic heterocycles. The summed E-state index contributed by atoms with van der Waals surface area (Å²) in [6.07, 6.45) is 2.44. The van der Waals surface area contributed by atoms with E-state index in [0.29, 0.717) is 10.6 Å². The van der Waals surface area contributed by atoms with Crippen LogP contribution in [-0.2, 0) is 0 Å². The fourth-order valence-corrected chi connectivity index (χ4v) is 2.73. The van der Waals surface area contributed by atoms with Gasteiger partial charge in [0.2, 0.25) is 0 Å². The number of rotatable bonds is 3. The van der Waals surface area contributed by atoms with Gasteiger partial charge in [-0.05, 0) is 11.6 Å². The third kappa shape index (κ3) is 2.86. The first-order valence-electron chi connectivity index (χ1n) is 6.85. The molecule has 3 rings (SSSR count). The van der Waals surface area contributed by atoms with Gasteiger partial charge in [-0.1, -0.05) is 29.8 Å². The molecular formula is C15H11ClN4O4. The van der Waals surface area contributed by atoms with Gasteiger partial charge < -0.3 is 9.97 Å². The van der Waals surface area contributed by atoms with Crippen LogP contribution >= 0.6 is 11.6 Å². The van der Waals surface area contributed by atoms with E-state index in [0.717, 1.165) is 0 Å². The van der Waals surface area contributed by atoms with Gasteiger partial charge in [0, 0.05) is 34.5 Å². The minimum Gasteiger partial charge on any atom is -0.314 e. The van der Waals surface area contributed by atoms with Crippen LogP contribution in [0, 0.1) is 0 Å². The maximum Gasteiger partial charge on any atom is 0.325 e. The Kier molecular flexibility index (Phi) is 4.05. The lowest BCUT2D eigenvalue weighted by Gasteiger charge is -2.17. The average molecular weight is 347 g/mol. The standard InChI is InChI=1S/C15H11ClN4O4/c16-10-4-2-1-3-7(10)11(8-5-17-14(23)19-12(8)21)9-6-18-15(24)20-13(9)22/h1-6,11H,(H2,17,19,21,23)(H2,18,20,22,24). The number of nitrogens with one attached hydrogen (secondary N) is 4. The molecule has 0 spiro atoms. The van der Waals surface area contributed by atoms with Gasteiger partial charge in [-0.25, -0.2) is 9.59 Å². The highest BCUT2D eigenvalue weighted by Crippen LogP contribution is 2.31. The van der Waals surface area contributed by atoms with Crippen LogP contribution in [0.2, 0.25) is 5.02 Å². The van der Waals surface area contributed by atoms with Gasteiger partial charge in [0.05, 0.1) is 0 Å². The van der Waals surface area contributed by atoms with E-state index in [2.05, 4.69) is 19.9 Å². The van der Waals surface area contributed by atoms with E-state index in [9.17, 15) is 19.2 Å². The molecule has 3 aromatic rings. The van der Waals surface area contributed by atoms with Crippen molar-refractivity contribution in [2.24, 2.45) is 0 Å². The minimum atomic E-state index is -0.875. The molecule has 0 unspecified atom stereocenters. The summed E-state index contributed by atoms with van der Waals surface area (Å²) in [5, 5.41) is 0.332.